The third kappa shape index (κ3) is 2.59. The number of hydrogen-bond donors (Lipinski definition) is 2. The van der Waals surface area contributed by atoms with Gasteiger partial charge in [-0.1, -0.05) is 19.8 Å². The summed E-state index contributed by atoms with van der Waals surface area (Å²) in [6.45, 7) is 3.96. The van der Waals surface area contributed by atoms with Gasteiger partial charge in [-0.2, -0.15) is 0 Å². The Kier molecular flexibility index (Phi) is 3.75. The number of nitrogens with one attached hydrogen (secondary N) is 1. The first-order valence-corrected chi connectivity index (χ1v) is 9.38. The highest BCUT2D eigenvalue weighted by atomic mass is 32.1. The summed E-state index contributed by atoms with van der Waals surface area (Å²) in [7, 11) is 0. The van der Waals surface area contributed by atoms with E-state index in [0.717, 1.165) is 30.9 Å². The molecule has 2 fully saturated rings. The lowest BCUT2D eigenvalue weighted by atomic mass is 9.73. The number of aliphatic hydroxyl groups is 1. The van der Waals surface area contributed by atoms with Gasteiger partial charge in [0, 0.05) is 36.0 Å². The molecule has 22 heavy (non-hydrogen) atoms. The molecule has 120 valence electrons. The van der Waals surface area contributed by atoms with Gasteiger partial charge in [0.1, 0.15) is 0 Å². The van der Waals surface area contributed by atoms with Crippen LogP contribution in [0.1, 0.15) is 62.8 Å². The number of hydrogen-bond acceptors (Lipinski definition) is 4. The molecule has 0 aromatic carbocycles. The van der Waals surface area contributed by atoms with Gasteiger partial charge in [-0.25, -0.2) is 4.98 Å². The molecule has 0 saturated heterocycles. The fourth-order valence-electron chi connectivity index (χ4n) is 3.76. The third-order valence-electron chi connectivity index (χ3n) is 5.46. The lowest BCUT2D eigenvalue weighted by Gasteiger charge is -2.38. The zero-order valence-electron chi connectivity index (χ0n) is 13.2. The van der Waals surface area contributed by atoms with Gasteiger partial charge < -0.3 is 10.4 Å². The van der Waals surface area contributed by atoms with Crippen LogP contribution >= 0.6 is 11.3 Å². The first kappa shape index (κ1) is 14.7. The summed E-state index contributed by atoms with van der Waals surface area (Å²) in [4.78, 5) is 5.94. The standard InChI is InChI=1S/C17H25N3OS/c1-17(7-3-2-4-14(17)21)11-18-10-13-15(12-5-6-12)19-16-20(13)8-9-22-16/h8-9,12,14,18,21H,2-7,10-11H2,1H3. The average Bonchev–Trinajstić information content (AvgIpc) is 3.14. The van der Waals surface area contributed by atoms with Crippen LogP contribution in [0.5, 0.6) is 0 Å². The fourth-order valence-corrected chi connectivity index (χ4v) is 4.50. The molecule has 2 aromatic rings. The Balaban J connectivity index is 1.47. The second-order valence-corrected chi connectivity index (χ2v) is 8.17. The zero-order chi connectivity index (χ0) is 15.2. The molecule has 2 unspecified atom stereocenters. The average molecular weight is 319 g/mol. The Hall–Kier alpha value is -0.910. The summed E-state index contributed by atoms with van der Waals surface area (Å²) in [5, 5.41) is 16.0. The number of aromatic nitrogens is 2. The van der Waals surface area contributed by atoms with E-state index in [1.807, 2.05) is 0 Å². The topological polar surface area (TPSA) is 49.6 Å². The van der Waals surface area contributed by atoms with Crippen molar-refractivity contribution in [2.24, 2.45) is 5.41 Å². The first-order valence-electron chi connectivity index (χ1n) is 8.50. The van der Waals surface area contributed by atoms with Gasteiger partial charge in [-0.3, -0.25) is 4.40 Å². The number of aliphatic hydroxyl groups excluding tert-OH is 1. The fraction of sp³-hybridized carbons (Fsp3) is 0.706. The maximum absolute atomic E-state index is 10.3. The van der Waals surface area contributed by atoms with E-state index in [1.54, 1.807) is 11.3 Å². The van der Waals surface area contributed by atoms with Crippen molar-refractivity contribution >= 4 is 16.3 Å². The molecular formula is C17H25N3OS. The van der Waals surface area contributed by atoms with E-state index in [-0.39, 0.29) is 11.5 Å². The van der Waals surface area contributed by atoms with Crippen molar-refractivity contribution in [3.05, 3.63) is 23.0 Å². The monoisotopic (exact) mass is 319 g/mol. The molecule has 0 amide bonds. The van der Waals surface area contributed by atoms with E-state index >= 15 is 0 Å². The molecule has 2 aliphatic carbocycles. The van der Waals surface area contributed by atoms with Crippen molar-refractivity contribution in [1.82, 2.24) is 14.7 Å². The molecule has 5 heteroatoms. The van der Waals surface area contributed by atoms with E-state index in [2.05, 4.69) is 28.2 Å². The van der Waals surface area contributed by atoms with Gasteiger partial charge in [0.25, 0.3) is 0 Å². The normalized spacial score (nSPS) is 29.3. The van der Waals surface area contributed by atoms with Crippen molar-refractivity contribution in [2.75, 3.05) is 6.54 Å². The second-order valence-electron chi connectivity index (χ2n) is 7.29. The van der Waals surface area contributed by atoms with Crippen molar-refractivity contribution in [2.45, 2.75) is 64.0 Å². The van der Waals surface area contributed by atoms with Crippen LogP contribution in [-0.2, 0) is 6.54 Å². The Morgan fingerprint density at radius 1 is 1.41 bits per heavy atom. The Morgan fingerprint density at radius 3 is 3.05 bits per heavy atom. The number of thiazole rings is 1. The molecule has 0 aliphatic heterocycles. The van der Waals surface area contributed by atoms with E-state index in [0.29, 0.717) is 5.92 Å². The number of fused-ring (bicyclic) bond motifs is 1. The first-order chi connectivity index (χ1) is 10.7. The summed E-state index contributed by atoms with van der Waals surface area (Å²) in [5.41, 5.74) is 2.65. The minimum absolute atomic E-state index is 0.0243. The van der Waals surface area contributed by atoms with Gasteiger partial charge in [0.2, 0.25) is 0 Å². The molecule has 2 aromatic heterocycles. The Bertz CT molecular complexity index is 660. The largest absolute Gasteiger partial charge is 0.393 e. The smallest absolute Gasteiger partial charge is 0.194 e. The van der Waals surface area contributed by atoms with E-state index in [1.165, 1.54) is 37.1 Å². The molecule has 4 nitrogen and oxygen atoms in total. The number of nitrogens with zero attached hydrogens (tertiary/aromatic N) is 2. The highest BCUT2D eigenvalue weighted by molar-refractivity contribution is 7.15. The minimum Gasteiger partial charge on any atom is -0.393 e. The quantitative estimate of drug-likeness (QED) is 0.889. The molecule has 4 rings (SSSR count). The van der Waals surface area contributed by atoms with Gasteiger partial charge in [-0.05, 0) is 25.7 Å². The molecule has 0 spiro atoms. The van der Waals surface area contributed by atoms with Gasteiger partial charge in [0.05, 0.1) is 17.5 Å². The molecule has 0 radical (unpaired) electrons. The van der Waals surface area contributed by atoms with Crippen LogP contribution in [0.3, 0.4) is 0 Å². The summed E-state index contributed by atoms with van der Waals surface area (Å²) in [5.74, 6) is 0.680. The Morgan fingerprint density at radius 2 is 2.27 bits per heavy atom. The maximum Gasteiger partial charge on any atom is 0.194 e. The minimum atomic E-state index is -0.164. The maximum atomic E-state index is 10.3. The van der Waals surface area contributed by atoms with E-state index < -0.39 is 0 Å². The molecule has 2 aliphatic rings. The number of rotatable bonds is 5. The van der Waals surface area contributed by atoms with Crippen LogP contribution in [0, 0.1) is 5.41 Å². The van der Waals surface area contributed by atoms with Crippen molar-refractivity contribution in [3.63, 3.8) is 0 Å². The lowest BCUT2D eigenvalue weighted by molar-refractivity contribution is 0.00109. The zero-order valence-corrected chi connectivity index (χ0v) is 14.0. The van der Waals surface area contributed by atoms with Crippen molar-refractivity contribution < 1.29 is 5.11 Å². The van der Waals surface area contributed by atoms with Crippen LogP contribution in [0.4, 0.5) is 0 Å². The van der Waals surface area contributed by atoms with Crippen LogP contribution in [0.25, 0.3) is 4.96 Å². The van der Waals surface area contributed by atoms with Crippen LogP contribution in [-0.4, -0.2) is 27.1 Å². The number of imidazole rings is 1. The van der Waals surface area contributed by atoms with Crippen molar-refractivity contribution in [1.29, 1.82) is 0 Å². The lowest BCUT2D eigenvalue weighted by Crippen LogP contribution is -2.43. The third-order valence-corrected chi connectivity index (χ3v) is 6.21. The van der Waals surface area contributed by atoms with Gasteiger partial charge >= 0.3 is 0 Å². The summed E-state index contributed by atoms with van der Waals surface area (Å²) >= 11 is 1.71. The van der Waals surface area contributed by atoms with Crippen LogP contribution in [0.15, 0.2) is 11.6 Å². The van der Waals surface area contributed by atoms with Crippen LogP contribution in [0.2, 0.25) is 0 Å². The van der Waals surface area contributed by atoms with Crippen molar-refractivity contribution in [3.8, 4) is 0 Å². The molecule has 2 heterocycles. The van der Waals surface area contributed by atoms with Gasteiger partial charge in [-0.15, -0.1) is 11.3 Å². The molecule has 2 N–H and O–H groups in total. The summed E-state index contributed by atoms with van der Waals surface area (Å²) in [6, 6.07) is 0. The van der Waals surface area contributed by atoms with Crippen LogP contribution < -0.4 is 5.32 Å². The highest BCUT2D eigenvalue weighted by Gasteiger charge is 2.35. The molecule has 0 bridgehead atoms. The molecular weight excluding hydrogens is 294 g/mol. The summed E-state index contributed by atoms with van der Waals surface area (Å²) in [6.07, 6.45) is 9.02. The van der Waals surface area contributed by atoms with E-state index in [9.17, 15) is 5.11 Å². The SMILES string of the molecule is CC1(CNCc2c(C3CC3)nc3sccn23)CCCCC1O. The molecule has 2 atom stereocenters. The van der Waals surface area contributed by atoms with Gasteiger partial charge in [0.15, 0.2) is 4.96 Å². The molecule has 2 saturated carbocycles. The summed E-state index contributed by atoms with van der Waals surface area (Å²) < 4.78 is 2.24. The van der Waals surface area contributed by atoms with E-state index in [4.69, 9.17) is 4.98 Å². The highest BCUT2D eigenvalue weighted by Crippen LogP contribution is 2.42. The Labute approximate surface area is 135 Å². The second kappa shape index (κ2) is 5.62. The predicted octanol–water partition coefficient (Wildman–Crippen LogP) is 3.30. The predicted molar refractivity (Wildman–Crippen MR) is 89.3 cm³/mol.